The Morgan fingerprint density at radius 3 is 1.64 bits per heavy atom. The molecule has 0 saturated carbocycles. The first-order valence-electron chi connectivity index (χ1n) is 19.1. The maximum Gasteiger partial charge on any atom is 0.187 e. The zero-order chi connectivity index (χ0) is 39.0. The average molecular weight is 737 g/mol. The number of nitrogens with zero attached hydrogens (tertiary/aromatic N) is 4. The van der Waals surface area contributed by atoms with Crippen molar-refractivity contribution in [3.63, 3.8) is 0 Å². The third kappa shape index (κ3) is 6.42. The lowest BCUT2D eigenvalue weighted by Crippen LogP contribution is -1.98. The minimum atomic E-state index is 0.610. The predicted octanol–water partition coefficient (Wildman–Crippen LogP) is 14.4. The summed E-state index contributed by atoms with van der Waals surface area (Å²) in [5.74, 6) is 0.620. The second-order valence-electron chi connectivity index (χ2n) is 14.4. The van der Waals surface area contributed by atoms with Gasteiger partial charge in [-0.1, -0.05) is 152 Å². The van der Waals surface area contributed by atoms with Gasteiger partial charge in [-0.05, 0) is 103 Å². The van der Waals surface area contributed by atoms with Gasteiger partial charge in [0.15, 0.2) is 11.5 Å². The fraction of sp³-hybridized carbons (Fsp3) is 0. The van der Waals surface area contributed by atoms with E-state index < -0.39 is 0 Å². The highest BCUT2D eigenvalue weighted by molar-refractivity contribution is 6.06. The van der Waals surface area contributed by atoms with Gasteiger partial charge in [-0.3, -0.25) is 0 Å². The fourth-order valence-electron chi connectivity index (χ4n) is 7.85. The number of fused-ring (bicyclic) bond motifs is 3. The van der Waals surface area contributed by atoms with E-state index in [0.717, 1.165) is 77.6 Å². The summed E-state index contributed by atoms with van der Waals surface area (Å²) in [6.45, 7) is 7.53. The highest BCUT2D eigenvalue weighted by Gasteiger charge is 2.19. The molecule has 9 aromatic carbocycles. The van der Waals surface area contributed by atoms with E-state index in [0.29, 0.717) is 17.1 Å². The first kappa shape index (κ1) is 34.3. The molecule has 0 aliphatic rings. The van der Waals surface area contributed by atoms with Crippen LogP contribution in [0.2, 0.25) is 0 Å². The number of hydrogen-bond donors (Lipinski definition) is 0. The van der Waals surface area contributed by atoms with E-state index in [4.69, 9.17) is 16.5 Å². The van der Waals surface area contributed by atoms with Crippen molar-refractivity contribution in [3.8, 4) is 73.2 Å². The number of hydrogen-bond acceptors (Lipinski definition) is 3. The van der Waals surface area contributed by atoms with Crippen LogP contribution in [0.25, 0.3) is 104 Å². The number of aromatic nitrogens is 2. The predicted molar refractivity (Wildman–Crippen MR) is 238 cm³/mol. The second-order valence-corrected chi connectivity index (χ2v) is 14.4. The summed E-state index contributed by atoms with van der Waals surface area (Å²) in [4.78, 5) is 14.4. The quantitative estimate of drug-likeness (QED) is 0.160. The van der Waals surface area contributed by atoms with Gasteiger partial charge < -0.3 is 0 Å². The topological polar surface area (TPSA) is 53.9 Å². The van der Waals surface area contributed by atoms with Crippen LogP contribution in [0.15, 0.2) is 194 Å². The third-order valence-corrected chi connectivity index (χ3v) is 10.9. The Morgan fingerprint density at radius 1 is 0.414 bits per heavy atom. The van der Waals surface area contributed by atoms with Crippen LogP contribution in [0, 0.1) is 17.9 Å². The highest BCUT2D eigenvalue weighted by atomic mass is 14.9. The van der Waals surface area contributed by atoms with Crippen molar-refractivity contribution in [1.29, 1.82) is 5.26 Å². The van der Waals surface area contributed by atoms with Crippen molar-refractivity contribution in [1.82, 2.24) is 9.97 Å². The molecule has 0 atom stereocenters. The maximum absolute atomic E-state index is 9.51. The highest BCUT2D eigenvalue weighted by Crippen LogP contribution is 2.40. The van der Waals surface area contributed by atoms with Gasteiger partial charge in [0.25, 0.3) is 0 Å². The lowest BCUT2D eigenvalue weighted by atomic mass is 9.91. The largest absolute Gasteiger partial charge is 0.238 e. The molecule has 0 spiro atoms. The molecule has 10 rings (SSSR count). The van der Waals surface area contributed by atoms with E-state index in [1.165, 1.54) is 16.2 Å². The molecule has 58 heavy (non-hydrogen) atoms. The monoisotopic (exact) mass is 736 g/mol. The minimum absolute atomic E-state index is 0.610. The smallest absolute Gasteiger partial charge is 0.187 e. The van der Waals surface area contributed by atoms with E-state index in [1.807, 2.05) is 48.5 Å². The molecule has 268 valence electrons. The number of rotatable bonds is 6. The van der Waals surface area contributed by atoms with E-state index in [2.05, 4.69) is 157 Å². The van der Waals surface area contributed by atoms with Crippen LogP contribution in [-0.4, -0.2) is 9.97 Å². The molecule has 4 heteroatoms. The van der Waals surface area contributed by atoms with Crippen molar-refractivity contribution in [3.05, 3.63) is 211 Å². The molecule has 4 nitrogen and oxygen atoms in total. The molecule has 0 unspecified atom stereocenters. The van der Waals surface area contributed by atoms with Crippen LogP contribution < -0.4 is 0 Å². The van der Waals surface area contributed by atoms with Crippen molar-refractivity contribution in [2.45, 2.75) is 0 Å². The Balaban J connectivity index is 1.21. The Kier molecular flexibility index (Phi) is 8.57. The number of benzene rings is 9. The molecule has 0 saturated heterocycles. The molecule has 0 aliphatic heterocycles. The van der Waals surface area contributed by atoms with Gasteiger partial charge in [0.2, 0.25) is 0 Å². The Labute approximate surface area is 336 Å². The van der Waals surface area contributed by atoms with Crippen LogP contribution in [0.3, 0.4) is 0 Å². The van der Waals surface area contributed by atoms with Crippen LogP contribution in [0.5, 0.6) is 0 Å². The van der Waals surface area contributed by atoms with E-state index in [1.54, 1.807) is 0 Å². The Hall–Kier alpha value is -8.18. The Bertz CT molecular complexity index is 3290. The average Bonchev–Trinajstić information content (AvgIpc) is 3.30. The molecule has 0 N–H and O–H groups in total. The van der Waals surface area contributed by atoms with Crippen LogP contribution in [-0.2, 0) is 0 Å². The first-order chi connectivity index (χ1) is 28.6. The van der Waals surface area contributed by atoms with Gasteiger partial charge >= 0.3 is 0 Å². The lowest BCUT2D eigenvalue weighted by Gasteiger charge is -2.16. The number of nitriles is 1. The maximum atomic E-state index is 9.51. The van der Waals surface area contributed by atoms with Crippen molar-refractivity contribution >= 4 is 38.1 Å². The second kappa shape index (κ2) is 14.5. The summed E-state index contributed by atoms with van der Waals surface area (Å²) >= 11 is 0. The molecule has 0 fully saturated rings. The van der Waals surface area contributed by atoms with Gasteiger partial charge in [-0.15, -0.1) is 0 Å². The molecule has 1 aromatic heterocycles. The van der Waals surface area contributed by atoms with Crippen LogP contribution >= 0.6 is 0 Å². The van der Waals surface area contributed by atoms with Gasteiger partial charge in [0, 0.05) is 22.1 Å². The molecule has 0 bridgehead atoms. The zero-order valence-corrected chi connectivity index (χ0v) is 31.3. The molecule has 0 amide bonds. The van der Waals surface area contributed by atoms with Gasteiger partial charge in [0.05, 0.1) is 29.4 Å². The minimum Gasteiger partial charge on any atom is -0.238 e. The van der Waals surface area contributed by atoms with Crippen molar-refractivity contribution in [2.24, 2.45) is 0 Å². The molecule has 0 aliphatic carbocycles. The SMILES string of the molecule is [C-]#[N+]c1cccc(-c2ccc(-c3nc(-c4ccc(-c5cccc(C#N)c5)cc4)nc4c(-c5ccc6ccccc6c5)cc(-c5ccc6ccccc6c5)cc34)cc2)c1. The summed E-state index contributed by atoms with van der Waals surface area (Å²) in [6.07, 6.45) is 0. The Morgan fingerprint density at radius 2 is 0.966 bits per heavy atom. The van der Waals surface area contributed by atoms with E-state index in [-0.39, 0.29) is 0 Å². The standard InChI is InChI=1S/C54H32N4/c1-56-49-15-7-14-45(31-49)39-16-22-40(23-17-39)52-51-33-48(46-26-20-36-9-2-4-11-43(36)29-46)32-50(47-27-21-37-10-3-5-12-44(37)30-47)53(51)58-54(57-52)41-24-18-38(19-25-41)42-13-6-8-35(28-42)34-55/h2-33H. The van der Waals surface area contributed by atoms with Gasteiger partial charge in [-0.25, -0.2) is 14.8 Å². The molecule has 0 radical (unpaired) electrons. The van der Waals surface area contributed by atoms with Crippen LogP contribution in [0.1, 0.15) is 5.56 Å². The zero-order valence-electron chi connectivity index (χ0n) is 31.3. The van der Waals surface area contributed by atoms with Gasteiger partial charge in [0.1, 0.15) is 0 Å². The van der Waals surface area contributed by atoms with Gasteiger partial charge in [-0.2, -0.15) is 5.26 Å². The van der Waals surface area contributed by atoms with Crippen molar-refractivity contribution in [2.75, 3.05) is 0 Å². The molecular weight excluding hydrogens is 705 g/mol. The van der Waals surface area contributed by atoms with E-state index in [9.17, 15) is 5.26 Å². The third-order valence-electron chi connectivity index (χ3n) is 10.9. The molecule has 10 aromatic rings. The summed E-state index contributed by atoms with van der Waals surface area (Å²) < 4.78 is 0. The molecular formula is C54H32N4. The van der Waals surface area contributed by atoms with Crippen LogP contribution in [0.4, 0.5) is 5.69 Å². The molecule has 1 heterocycles. The normalized spacial score (nSPS) is 11.1. The summed E-state index contributed by atoms with van der Waals surface area (Å²) in [7, 11) is 0. The summed E-state index contributed by atoms with van der Waals surface area (Å²) in [5.41, 5.74) is 13.1. The lowest BCUT2D eigenvalue weighted by molar-refractivity contribution is 1.23. The summed E-state index contributed by atoms with van der Waals surface area (Å²) in [6, 6.07) is 69.0. The fourth-order valence-corrected chi connectivity index (χ4v) is 7.85. The summed E-state index contributed by atoms with van der Waals surface area (Å²) in [5, 5.41) is 15.2. The van der Waals surface area contributed by atoms with E-state index >= 15 is 0 Å². The first-order valence-corrected chi connectivity index (χ1v) is 19.1. The van der Waals surface area contributed by atoms with Crippen molar-refractivity contribution < 1.29 is 0 Å².